The Balaban J connectivity index is 1.55. The van der Waals surface area contributed by atoms with Gasteiger partial charge in [0.2, 0.25) is 0 Å². The lowest BCUT2D eigenvalue weighted by Gasteiger charge is -2.64. The van der Waals surface area contributed by atoms with Crippen molar-refractivity contribution in [1.29, 1.82) is 0 Å². The van der Waals surface area contributed by atoms with Gasteiger partial charge in [0, 0.05) is 18.3 Å². The van der Waals surface area contributed by atoms with Crippen molar-refractivity contribution in [3.05, 3.63) is 11.6 Å². The monoisotopic (exact) mass is 360 g/mol. The number of fused-ring (bicyclic) bond motifs is 5. The summed E-state index contributed by atoms with van der Waals surface area (Å²) in [4.78, 5) is 0. The van der Waals surface area contributed by atoms with Crippen LogP contribution < -0.4 is 0 Å². The molecule has 7 atom stereocenters. The molecule has 4 aliphatic carbocycles. The average Bonchev–Trinajstić information content (AvgIpc) is 3.15. The molecule has 1 N–H and O–H groups in total. The Morgan fingerprint density at radius 3 is 2.54 bits per heavy atom. The first-order valence-corrected chi connectivity index (χ1v) is 10.9. The first-order valence-electron chi connectivity index (χ1n) is 10.9. The highest BCUT2D eigenvalue weighted by Gasteiger charge is 2.64. The van der Waals surface area contributed by atoms with Crippen LogP contribution in [0.3, 0.4) is 0 Å². The van der Waals surface area contributed by atoms with Crippen molar-refractivity contribution in [2.75, 3.05) is 13.2 Å². The van der Waals surface area contributed by atoms with Gasteiger partial charge in [0.05, 0.1) is 19.3 Å². The van der Waals surface area contributed by atoms with Crippen LogP contribution >= 0.6 is 0 Å². The van der Waals surface area contributed by atoms with Crippen LogP contribution in [0.1, 0.15) is 72.6 Å². The lowest BCUT2D eigenvalue weighted by Crippen LogP contribution is -2.58. The Bertz CT molecular complexity index is 635. The minimum atomic E-state index is -0.311. The van der Waals surface area contributed by atoms with E-state index >= 15 is 0 Å². The van der Waals surface area contributed by atoms with Gasteiger partial charge in [-0.05, 0) is 60.7 Å². The summed E-state index contributed by atoms with van der Waals surface area (Å²) < 4.78 is 12.3. The fraction of sp³-hybridized carbons (Fsp3) is 0.913. The largest absolute Gasteiger partial charge is 0.393 e. The molecule has 3 saturated carbocycles. The van der Waals surface area contributed by atoms with E-state index in [2.05, 4.69) is 33.8 Å². The molecule has 146 valence electrons. The van der Waals surface area contributed by atoms with E-state index < -0.39 is 0 Å². The molecule has 5 unspecified atom stereocenters. The topological polar surface area (TPSA) is 38.7 Å². The normalized spacial score (nSPS) is 55.2. The quantitative estimate of drug-likeness (QED) is 0.637. The molecule has 1 aliphatic heterocycles. The average molecular weight is 361 g/mol. The van der Waals surface area contributed by atoms with Crippen molar-refractivity contribution in [2.45, 2.75) is 84.5 Å². The summed E-state index contributed by atoms with van der Waals surface area (Å²) in [5.74, 6) is 1.67. The number of hydrogen-bond acceptors (Lipinski definition) is 3. The molecule has 1 saturated heterocycles. The predicted molar refractivity (Wildman–Crippen MR) is 102 cm³/mol. The first-order chi connectivity index (χ1) is 12.2. The minimum absolute atomic E-state index is 0.0973. The standard InChI is InChI=1S/C23H36O3/c1-15-13-20(2)14-23(25-11-12-26-23)10-9-22(20,4)17-7-8-21(3)16(19(15)17)5-6-18(21)24/h7,15-16,18-19,24H,5-6,8-14H2,1-4H3/t15-,16?,18?,19?,20?,21+,22?/m1/s1. The molecule has 1 heterocycles. The van der Waals surface area contributed by atoms with Crippen molar-refractivity contribution in [3.8, 4) is 0 Å². The lowest BCUT2D eigenvalue weighted by atomic mass is 9.41. The van der Waals surface area contributed by atoms with Crippen molar-refractivity contribution >= 4 is 0 Å². The Morgan fingerprint density at radius 1 is 1.08 bits per heavy atom. The lowest BCUT2D eigenvalue weighted by molar-refractivity contribution is -0.232. The summed E-state index contributed by atoms with van der Waals surface area (Å²) in [6.07, 6.45) is 10.2. The van der Waals surface area contributed by atoms with Gasteiger partial charge >= 0.3 is 0 Å². The smallest absolute Gasteiger partial charge is 0.169 e. The molecule has 4 fully saturated rings. The molecule has 0 aromatic heterocycles. The van der Waals surface area contributed by atoms with Gasteiger partial charge in [0.1, 0.15) is 0 Å². The van der Waals surface area contributed by atoms with Gasteiger partial charge in [0.15, 0.2) is 5.79 Å². The Hall–Kier alpha value is -0.380. The second-order valence-corrected chi connectivity index (χ2v) is 11.0. The van der Waals surface area contributed by atoms with Crippen LogP contribution in [0.4, 0.5) is 0 Å². The van der Waals surface area contributed by atoms with Crippen LogP contribution in [0.2, 0.25) is 0 Å². The third kappa shape index (κ3) is 2.06. The van der Waals surface area contributed by atoms with E-state index in [9.17, 15) is 5.11 Å². The van der Waals surface area contributed by atoms with E-state index in [4.69, 9.17) is 9.47 Å². The molecular formula is C23H36O3. The van der Waals surface area contributed by atoms with Crippen LogP contribution in [0, 0.1) is 34.0 Å². The number of allylic oxidation sites excluding steroid dienone is 2. The molecule has 3 heteroatoms. The SMILES string of the molecule is C[C@@H]1CC2(C)CC3(CCC2(C)C2=CC[C@]4(C)C(O)CCC4C21)OCCO3. The summed E-state index contributed by atoms with van der Waals surface area (Å²) in [6, 6.07) is 0. The molecule has 5 aliphatic rings. The molecule has 1 spiro atoms. The van der Waals surface area contributed by atoms with Gasteiger partial charge < -0.3 is 14.6 Å². The van der Waals surface area contributed by atoms with Crippen LogP contribution in [0.25, 0.3) is 0 Å². The van der Waals surface area contributed by atoms with E-state index in [1.807, 2.05) is 0 Å². The van der Waals surface area contributed by atoms with Gasteiger partial charge in [-0.3, -0.25) is 0 Å². The molecule has 3 nitrogen and oxygen atoms in total. The maximum Gasteiger partial charge on any atom is 0.169 e. The second kappa shape index (κ2) is 5.36. The molecule has 5 rings (SSSR count). The maximum atomic E-state index is 10.7. The number of rotatable bonds is 0. The Morgan fingerprint density at radius 2 is 1.81 bits per heavy atom. The molecule has 0 aromatic carbocycles. The molecule has 0 radical (unpaired) electrons. The highest BCUT2D eigenvalue weighted by molar-refractivity contribution is 5.32. The van der Waals surface area contributed by atoms with Crippen molar-refractivity contribution < 1.29 is 14.6 Å². The van der Waals surface area contributed by atoms with Gasteiger partial charge in [-0.2, -0.15) is 0 Å². The van der Waals surface area contributed by atoms with Crippen molar-refractivity contribution in [3.63, 3.8) is 0 Å². The van der Waals surface area contributed by atoms with E-state index in [1.165, 1.54) is 19.3 Å². The predicted octanol–water partition coefficient (Wildman–Crippen LogP) is 4.69. The molecular weight excluding hydrogens is 324 g/mol. The zero-order chi connectivity index (χ0) is 18.4. The van der Waals surface area contributed by atoms with E-state index in [0.29, 0.717) is 17.8 Å². The molecule has 0 aromatic rings. The summed E-state index contributed by atoms with van der Waals surface area (Å²) in [7, 11) is 0. The van der Waals surface area contributed by atoms with Crippen LogP contribution in [-0.2, 0) is 9.47 Å². The summed E-state index contributed by atoms with van der Waals surface area (Å²) >= 11 is 0. The van der Waals surface area contributed by atoms with Gasteiger partial charge in [-0.25, -0.2) is 0 Å². The van der Waals surface area contributed by atoms with Gasteiger partial charge in [-0.1, -0.05) is 39.3 Å². The van der Waals surface area contributed by atoms with Gasteiger partial charge in [0.25, 0.3) is 0 Å². The highest BCUT2D eigenvalue weighted by Crippen LogP contribution is 2.70. The van der Waals surface area contributed by atoms with Crippen molar-refractivity contribution in [1.82, 2.24) is 0 Å². The summed E-state index contributed by atoms with van der Waals surface area (Å²) in [5, 5.41) is 10.7. The van der Waals surface area contributed by atoms with Crippen molar-refractivity contribution in [2.24, 2.45) is 34.0 Å². The Kier molecular flexibility index (Phi) is 3.65. The summed E-state index contributed by atoms with van der Waals surface area (Å²) in [6.45, 7) is 11.4. The van der Waals surface area contributed by atoms with E-state index in [1.54, 1.807) is 5.57 Å². The van der Waals surface area contributed by atoms with E-state index in [-0.39, 0.29) is 28.1 Å². The number of ether oxygens (including phenoxy) is 2. The highest BCUT2D eigenvalue weighted by atomic mass is 16.7. The number of hydrogen-bond donors (Lipinski definition) is 1. The fourth-order valence-corrected chi connectivity index (χ4v) is 8.09. The number of aliphatic hydroxyl groups excluding tert-OH is 1. The first kappa shape index (κ1) is 17.7. The molecule has 26 heavy (non-hydrogen) atoms. The minimum Gasteiger partial charge on any atom is -0.393 e. The summed E-state index contributed by atoms with van der Waals surface area (Å²) in [5.41, 5.74) is 2.31. The maximum absolute atomic E-state index is 10.7. The van der Waals surface area contributed by atoms with Crippen LogP contribution in [0.5, 0.6) is 0 Å². The third-order valence-corrected chi connectivity index (χ3v) is 9.75. The van der Waals surface area contributed by atoms with Gasteiger partial charge in [-0.15, -0.1) is 0 Å². The third-order valence-electron chi connectivity index (χ3n) is 9.75. The zero-order valence-electron chi connectivity index (χ0n) is 17.0. The fourth-order valence-electron chi connectivity index (χ4n) is 8.09. The number of aliphatic hydroxyl groups is 1. The van der Waals surface area contributed by atoms with E-state index in [0.717, 1.165) is 38.9 Å². The van der Waals surface area contributed by atoms with Crippen LogP contribution in [0.15, 0.2) is 11.6 Å². The Labute approximate surface area is 158 Å². The van der Waals surface area contributed by atoms with Crippen LogP contribution in [-0.4, -0.2) is 30.2 Å². The zero-order valence-corrected chi connectivity index (χ0v) is 17.0. The second-order valence-electron chi connectivity index (χ2n) is 11.0. The molecule has 0 bridgehead atoms. The molecule has 0 amide bonds.